The van der Waals surface area contributed by atoms with Gasteiger partial charge in [-0.3, -0.25) is 14.5 Å². The number of rotatable bonds is 8. The van der Waals surface area contributed by atoms with Crippen LogP contribution in [0.1, 0.15) is 17.7 Å². The smallest absolute Gasteiger partial charge is 0.252 e. The molecule has 7 nitrogen and oxygen atoms in total. The topological polar surface area (TPSA) is 75.0 Å². The van der Waals surface area contributed by atoms with Crippen LogP contribution >= 0.6 is 12.2 Å². The quantitative estimate of drug-likeness (QED) is 0.506. The van der Waals surface area contributed by atoms with Gasteiger partial charge >= 0.3 is 0 Å². The number of benzene rings is 2. The molecule has 2 amide bonds. The Hall–Kier alpha value is -3.72. The van der Waals surface area contributed by atoms with E-state index in [9.17, 15) is 14.0 Å². The Morgan fingerprint density at radius 3 is 2.48 bits per heavy atom. The fourth-order valence-corrected chi connectivity index (χ4v) is 3.97. The van der Waals surface area contributed by atoms with Crippen molar-refractivity contribution >= 4 is 34.8 Å². The number of methoxy groups -OCH3 is 1. The lowest BCUT2D eigenvalue weighted by molar-refractivity contribution is -0.131. The van der Waals surface area contributed by atoms with Crippen LogP contribution in [0.3, 0.4) is 0 Å². The van der Waals surface area contributed by atoms with Gasteiger partial charge in [0.25, 0.3) is 5.91 Å². The number of carbonyl (C=O) groups is 2. The van der Waals surface area contributed by atoms with E-state index in [0.717, 1.165) is 5.56 Å². The molecule has 2 aromatic carbocycles. The van der Waals surface area contributed by atoms with Gasteiger partial charge in [-0.25, -0.2) is 4.39 Å². The lowest BCUT2D eigenvalue weighted by Crippen LogP contribution is -2.37. The number of halogens is 1. The second-order valence-corrected chi connectivity index (χ2v) is 7.90. The van der Waals surface area contributed by atoms with Crippen LogP contribution in [0.25, 0.3) is 0 Å². The summed E-state index contributed by atoms with van der Waals surface area (Å²) in [5.74, 6) is 0.316. The highest BCUT2D eigenvalue weighted by molar-refractivity contribution is 7.80. The van der Waals surface area contributed by atoms with E-state index in [1.807, 2.05) is 0 Å². The molecule has 3 aromatic rings. The maximum Gasteiger partial charge on any atom is 0.252 e. The van der Waals surface area contributed by atoms with Crippen LogP contribution in [-0.4, -0.2) is 39.9 Å². The number of carbonyl (C=O) groups excluding carboxylic acids is 2. The zero-order valence-corrected chi connectivity index (χ0v) is 18.7. The molecule has 170 valence electrons. The SMILES string of the molecule is COc1ccc(NC(=O)CC2C(=O)N(Cc3ccc(F)cc3)C(=S)N2Cc2ccco2)cc1. The molecule has 0 saturated carbocycles. The Labute approximate surface area is 195 Å². The van der Waals surface area contributed by atoms with Gasteiger partial charge in [0.15, 0.2) is 5.11 Å². The number of hydrogen-bond acceptors (Lipinski definition) is 5. The molecule has 2 heterocycles. The van der Waals surface area contributed by atoms with E-state index in [1.165, 1.54) is 23.3 Å². The molecule has 0 radical (unpaired) electrons. The van der Waals surface area contributed by atoms with Gasteiger partial charge in [-0.15, -0.1) is 0 Å². The van der Waals surface area contributed by atoms with Crippen LogP contribution in [0.2, 0.25) is 0 Å². The average Bonchev–Trinajstić information content (AvgIpc) is 3.40. The molecule has 0 aliphatic carbocycles. The van der Waals surface area contributed by atoms with Gasteiger partial charge in [-0.2, -0.15) is 0 Å². The zero-order chi connectivity index (χ0) is 23.4. The predicted octanol–water partition coefficient (Wildman–Crippen LogP) is 3.95. The van der Waals surface area contributed by atoms with E-state index >= 15 is 0 Å². The number of ether oxygens (including phenoxy) is 1. The van der Waals surface area contributed by atoms with E-state index in [2.05, 4.69) is 5.32 Å². The first-order valence-corrected chi connectivity index (χ1v) is 10.7. The van der Waals surface area contributed by atoms with Crippen molar-refractivity contribution in [3.05, 3.63) is 84.1 Å². The molecule has 1 aromatic heterocycles. The van der Waals surface area contributed by atoms with Crippen molar-refractivity contribution in [1.82, 2.24) is 9.80 Å². The molecule has 0 spiro atoms. The molecular formula is C24H22FN3O4S. The van der Waals surface area contributed by atoms with Crippen molar-refractivity contribution in [2.45, 2.75) is 25.6 Å². The van der Waals surface area contributed by atoms with Gasteiger partial charge in [0.05, 0.1) is 32.9 Å². The molecule has 1 saturated heterocycles. The monoisotopic (exact) mass is 467 g/mol. The van der Waals surface area contributed by atoms with Crippen LogP contribution in [0.15, 0.2) is 71.3 Å². The number of hydrogen-bond donors (Lipinski definition) is 1. The van der Waals surface area contributed by atoms with Crippen molar-refractivity contribution in [2.24, 2.45) is 0 Å². The number of amides is 2. The molecule has 1 aliphatic rings. The van der Waals surface area contributed by atoms with Crippen molar-refractivity contribution in [1.29, 1.82) is 0 Å². The van der Waals surface area contributed by atoms with Crippen LogP contribution in [0.5, 0.6) is 5.75 Å². The van der Waals surface area contributed by atoms with E-state index in [0.29, 0.717) is 22.3 Å². The summed E-state index contributed by atoms with van der Waals surface area (Å²) in [4.78, 5) is 29.2. The summed E-state index contributed by atoms with van der Waals surface area (Å²) in [7, 11) is 1.56. The Balaban J connectivity index is 1.51. The average molecular weight is 468 g/mol. The number of nitrogens with one attached hydrogen (secondary N) is 1. The highest BCUT2D eigenvalue weighted by Gasteiger charge is 2.43. The lowest BCUT2D eigenvalue weighted by Gasteiger charge is -2.22. The second kappa shape index (κ2) is 9.83. The fraction of sp³-hybridized carbons (Fsp3) is 0.208. The van der Waals surface area contributed by atoms with E-state index in [4.69, 9.17) is 21.4 Å². The minimum Gasteiger partial charge on any atom is -0.497 e. The first-order valence-electron chi connectivity index (χ1n) is 10.3. The first-order chi connectivity index (χ1) is 15.9. The maximum absolute atomic E-state index is 13.3. The normalized spacial score (nSPS) is 15.8. The lowest BCUT2D eigenvalue weighted by atomic mass is 10.1. The van der Waals surface area contributed by atoms with E-state index in [-0.39, 0.29) is 37.1 Å². The van der Waals surface area contributed by atoms with Crippen LogP contribution < -0.4 is 10.1 Å². The summed E-state index contributed by atoms with van der Waals surface area (Å²) in [5, 5.41) is 3.10. The summed E-state index contributed by atoms with van der Waals surface area (Å²) in [6.45, 7) is 0.432. The first kappa shape index (κ1) is 22.5. The predicted molar refractivity (Wildman–Crippen MR) is 124 cm³/mol. The van der Waals surface area contributed by atoms with Gasteiger partial charge in [0.1, 0.15) is 23.4 Å². The standard InChI is InChI=1S/C24H22FN3O4S/c1-31-19-10-8-18(9-11-19)26-22(29)13-21-23(30)28(14-16-4-6-17(25)7-5-16)24(33)27(21)15-20-3-2-12-32-20/h2-12,21H,13-15H2,1H3,(H,26,29). The summed E-state index contributed by atoms with van der Waals surface area (Å²) in [5.41, 5.74) is 1.32. The Bertz CT molecular complexity index is 1130. The second-order valence-electron chi connectivity index (χ2n) is 7.54. The highest BCUT2D eigenvalue weighted by atomic mass is 32.1. The molecule has 33 heavy (non-hydrogen) atoms. The molecular weight excluding hydrogens is 445 g/mol. The van der Waals surface area contributed by atoms with Crippen LogP contribution in [0.4, 0.5) is 10.1 Å². The van der Waals surface area contributed by atoms with Crippen molar-refractivity contribution in [3.63, 3.8) is 0 Å². The summed E-state index contributed by atoms with van der Waals surface area (Å²) in [6, 6.07) is 15.5. The number of anilines is 1. The van der Waals surface area contributed by atoms with Gasteiger partial charge in [-0.05, 0) is 66.3 Å². The van der Waals surface area contributed by atoms with Gasteiger partial charge in [0, 0.05) is 5.69 Å². The third-order valence-electron chi connectivity index (χ3n) is 5.32. The summed E-state index contributed by atoms with van der Waals surface area (Å²) >= 11 is 5.59. The molecule has 0 bridgehead atoms. The number of thiocarbonyl (C=S) groups is 1. The summed E-state index contributed by atoms with van der Waals surface area (Å²) < 4.78 is 23.8. The van der Waals surface area contributed by atoms with Crippen LogP contribution in [-0.2, 0) is 22.7 Å². The third kappa shape index (κ3) is 5.20. The van der Waals surface area contributed by atoms with Crippen molar-refractivity contribution in [2.75, 3.05) is 12.4 Å². The third-order valence-corrected chi connectivity index (χ3v) is 5.77. The molecule has 1 aliphatic heterocycles. The van der Waals surface area contributed by atoms with Gasteiger partial charge in [-0.1, -0.05) is 12.1 Å². The summed E-state index contributed by atoms with van der Waals surface area (Å²) in [6.07, 6.45) is 1.45. The Morgan fingerprint density at radius 1 is 1.12 bits per heavy atom. The molecule has 1 atom stereocenters. The minimum absolute atomic E-state index is 0.0916. The number of furan rings is 1. The Kier molecular flexibility index (Phi) is 6.69. The molecule has 4 rings (SSSR count). The van der Waals surface area contributed by atoms with E-state index < -0.39 is 6.04 Å². The molecule has 9 heteroatoms. The Morgan fingerprint density at radius 2 is 1.85 bits per heavy atom. The van der Waals surface area contributed by atoms with Crippen LogP contribution in [0, 0.1) is 5.82 Å². The zero-order valence-electron chi connectivity index (χ0n) is 17.9. The minimum atomic E-state index is -0.790. The molecule has 1 unspecified atom stereocenters. The number of nitrogens with zero attached hydrogens (tertiary/aromatic N) is 2. The maximum atomic E-state index is 13.3. The van der Waals surface area contributed by atoms with E-state index in [1.54, 1.807) is 60.5 Å². The largest absolute Gasteiger partial charge is 0.497 e. The fourth-order valence-electron chi connectivity index (χ4n) is 3.62. The van der Waals surface area contributed by atoms with Gasteiger partial charge < -0.3 is 19.4 Å². The highest BCUT2D eigenvalue weighted by Crippen LogP contribution is 2.26. The molecule has 1 N–H and O–H groups in total. The van der Waals surface area contributed by atoms with Crippen molar-refractivity contribution in [3.8, 4) is 5.75 Å². The van der Waals surface area contributed by atoms with Gasteiger partial charge in [0.2, 0.25) is 5.91 Å². The molecule has 1 fully saturated rings. The van der Waals surface area contributed by atoms with Crippen molar-refractivity contribution < 1.29 is 23.1 Å².